The van der Waals surface area contributed by atoms with Gasteiger partial charge in [0.15, 0.2) is 0 Å². The first-order valence-corrected chi connectivity index (χ1v) is 5.90. The molecule has 8 nitrogen and oxygen atoms in total. The van der Waals surface area contributed by atoms with Crippen LogP contribution in [0.25, 0.3) is 0 Å². The van der Waals surface area contributed by atoms with Gasteiger partial charge in [0.2, 0.25) is 17.8 Å². The molecule has 1 aromatic rings. The molecule has 1 heterocycles. The van der Waals surface area contributed by atoms with Gasteiger partial charge in [-0.3, -0.25) is 0 Å². The highest BCUT2D eigenvalue weighted by atomic mass is 16.3. The van der Waals surface area contributed by atoms with E-state index in [-0.39, 0.29) is 25.0 Å². The van der Waals surface area contributed by atoms with Crippen LogP contribution in [0.3, 0.4) is 0 Å². The van der Waals surface area contributed by atoms with Crippen molar-refractivity contribution in [2.24, 2.45) is 0 Å². The van der Waals surface area contributed by atoms with E-state index >= 15 is 0 Å². The van der Waals surface area contributed by atoms with Crippen molar-refractivity contribution in [1.82, 2.24) is 15.0 Å². The number of nitrogens with zero attached hydrogens (tertiary/aromatic N) is 4. The molecule has 0 aliphatic rings. The number of aliphatic hydroxyl groups excluding tert-OH is 2. The minimum absolute atomic E-state index is 0.118. The summed E-state index contributed by atoms with van der Waals surface area (Å²) in [6.45, 7) is 5.34. The van der Waals surface area contributed by atoms with Gasteiger partial charge in [-0.15, -0.1) is 0 Å². The maximum absolute atomic E-state index is 9.23. The van der Waals surface area contributed by atoms with E-state index in [9.17, 15) is 5.11 Å². The summed E-state index contributed by atoms with van der Waals surface area (Å²) in [4.78, 5) is 14.1. The summed E-state index contributed by atoms with van der Waals surface area (Å²) in [6.07, 6.45) is -0.861. The van der Waals surface area contributed by atoms with Crippen LogP contribution in [-0.2, 0) is 0 Å². The molecule has 0 aromatic carbocycles. The van der Waals surface area contributed by atoms with Gasteiger partial charge in [0.05, 0.1) is 12.7 Å². The molecule has 0 aliphatic carbocycles. The smallest absolute Gasteiger partial charge is 0.231 e. The van der Waals surface area contributed by atoms with Crippen molar-refractivity contribution in [3.05, 3.63) is 0 Å². The van der Waals surface area contributed by atoms with Gasteiger partial charge in [-0.05, 0) is 13.8 Å². The molecule has 0 saturated heterocycles. The second-order valence-electron chi connectivity index (χ2n) is 3.71. The Hall–Kier alpha value is -1.67. The first-order valence-electron chi connectivity index (χ1n) is 5.90. The van der Waals surface area contributed by atoms with Crippen molar-refractivity contribution >= 4 is 17.8 Å². The molecular formula is C10H20N6O2. The van der Waals surface area contributed by atoms with Crippen molar-refractivity contribution in [3.8, 4) is 0 Å². The average Bonchev–Trinajstić information content (AvgIpc) is 2.37. The summed E-state index contributed by atoms with van der Waals surface area (Å²) >= 11 is 0. The van der Waals surface area contributed by atoms with Crippen LogP contribution < -0.4 is 16.0 Å². The Morgan fingerprint density at radius 3 is 2.50 bits per heavy atom. The largest absolute Gasteiger partial charge is 0.394 e. The van der Waals surface area contributed by atoms with Gasteiger partial charge in [-0.2, -0.15) is 15.0 Å². The van der Waals surface area contributed by atoms with Crippen molar-refractivity contribution in [2.45, 2.75) is 20.0 Å². The molecule has 5 N–H and O–H groups in total. The molecule has 0 saturated carbocycles. The molecule has 0 aliphatic heterocycles. The molecule has 0 amide bonds. The Morgan fingerprint density at radius 1 is 1.28 bits per heavy atom. The van der Waals surface area contributed by atoms with Gasteiger partial charge >= 0.3 is 0 Å². The number of nitrogens with one attached hydrogen (secondary N) is 1. The lowest BCUT2D eigenvalue weighted by Gasteiger charge is -2.19. The Labute approximate surface area is 106 Å². The standard InChI is InChI=1S/C10H20N6O2/c1-3-16(4-2)10-14-8(11)13-9(15-10)12-5-7(18)6-17/h7,17-18H,3-6H2,1-2H3,(H3,11,12,13,14,15). The number of hydrogen-bond acceptors (Lipinski definition) is 8. The van der Waals surface area contributed by atoms with Gasteiger partial charge in [0.1, 0.15) is 0 Å². The maximum Gasteiger partial charge on any atom is 0.231 e. The number of nitrogens with two attached hydrogens (primary N) is 1. The molecule has 1 aromatic heterocycles. The topological polar surface area (TPSA) is 120 Å². The van der Waals surface area contributed by atoms with Gasteiger partial charge in [-0.1, -0.05) is 0 Å². The summed E-state index contributed by atoms with van der Waals surface area (Å²) in [7, 11) is 0. The fourth-order valence-electron chi connectivity index (χ4n) is 1.38. The first-order chi connectivity index (χ1) is 8.60. The number of aliphatic hydroxyl groups is 2. The first kappa shape index (κ1) is 14.4. The van der Waals surface area contributed by atoms with Crippen molar-refractivity contribution in [2.75, 3.05) is 42.2 Å². The predicted molar refractivity (Wildman–Crippen MR) is 69.4 cm³/mol. The zero-order valence-corrected chi connectivity index (χ0v) is 10.7. The maximum atomic E-state index is 9.23. The molecular weight excluding hydrogens is 236 g/mol. The fourth-order valence-corrected chi connectivity index (χ4v) is 1.38. The highest BCUT2D eigenvalue weighted by Crippen LogP contribution is 2.11. The third kappa shape index (κ3) is 3.97. The lowest BCUT2D eigenvalue weighted by atomic mass is 10.4. The summed E-state index contributed by atoms with van der Waals surface area (Å²) in [5, 5.41) is 20.7. The van der Waals surface area contributed by atoms with Crippen LogP contribution in [0, 0.1) is 0 Å². The average molecular weight is 256 g/mol. The lowest BCUT2D eigenvalue weighted by Crippen LogP contribution is -2.27. The van der Waals surface area contributed by atoms with E-state index in [1.807, 2.05) is 18.7 Å². The molecule has 0 fully saturated rings. The second kappa shape index (κ2) is 6.92. The van der Waals surface area contributed by atoms with E-state index in [1.165, 1.54) is 0 Å². The van der Waals surface area contributed by atoms with Crippen LogP contribution in [0.2, 0.25) is 0 Å². The van der Waals surface area contributed by atoms with Crippen LogP contribution in [0.1, 0.15) is 13.8 Å². The quantitative estimate of drug-likeness (QED) is 0.493. The van der Waals surface area contributed by atoms with Gasteiger partial charge in [-0.25, -0.2) is 0 Å². The molecule has 1 unspecified atom stereocenters. The molecule has 0 bridgehead atoms. The van der Waals surface area contributed by atoms with Crippen LogP contribution in [-0.4, -0.2) is 57.5 Å². The third-order valence-corrected chi connectivity index (χ3v) is 2.39. The molecule has 1 atom stereocenters. The van der Waals surface area contributed by atoms with Crippen LogP contribution in [0.15, 0.2) is 0 Å². The van der Waals surface area contributed by atoms with E-state index in [4.69, 9.17) is 10.8 Å². The summed E-state index contributed by atoms with van der Waals surface area (Å²) in [5.74, 6) is 0.901. The highest BCUT2D eigenvalue weighted by molar-refractivity contribution is 5.41. The van der Waals surface area contributed by atoms with Crippen LogP contribution >= 0.6 is 0 Å². The summed E-state index contributed by atoms with van der Waals surface area (Å²) < 4.78 is 0. The zero-order chi connectivity index (χ0) is 13.5. The zero-order valence-electron chi connectivity index (χ0n) is 10.7. The van der Waals surface area contributed by atoms with Crippen LogP contribution in [0.4, 0.5) is 17.8 Å². The van der Waals surface area contributed by atoms with E-state index in [0.29, 0.717) is 5.95 Å². The summed E-state index contributed by atoms with van der Waals surface area (Å²) in [5.41, 5.74) is 5.60. The monoisotopic (exact) mass is 256 g/mol. The Kier molecular flexibility index (Phi) is 5.53. The lowest BCUT2D eigenvalue weighted by molar-refractivity contribution is 0.105. The Bertz CT molecular complexity index is 371. The minimum Gasteiger partial charge on any atom is -0.394 e. The third-order valence-electron chi connectivity index (χ3n) is 2.39. The number of aromatic nitrogens is 3. The van der Waals surface area contributed by atoms with Crippen molar-refractivity contribution < 1.29 is 10.2 Å². The fraction of sp³-hybridized carbons (Fsp3) is 0.700. The number of nitrogen functional groups attached to an aromatic ring is 1. The van der Waals surface area contributed by atoms with Gasteiger partial charge in [0.25, 0.3) is 0 Å². The normalized spacial score (nSPS) is 12.2. The van der Waals surface area contributed by atoms with E-state index in [0.717, 1.165) is 13.1 Å². The number of rotatable bonds is 7. The van der Waals surface area contributed by atoms with Crippen LogP contribution in [0.5, 0.6) is 0 Å². The van der Waals surface area contributed by atoms with E-state index in [1.54, 1.807) is 0 Å². The molecule has 8 heteroatoms. The van der Waals surface area contributed by atoms with Crippen molar-refractivity contribution in [1.29, 1.82) is 0 Å². The predicted octanol–water partition coefficient (Wildman–Crippen LogP) is -0.935. The Morgan fingerprint density at radius 2 is 1.94 bits per heavy atom. The molecule has 18 heavy (non-hydrogen) atoms. The summed E-state index contributed by atoms with van der Waals surface area (Å²) in [6, 6.07) is 0. The number of anilines is 3. The SMILES string of the molecule is CCN(CC)c1nc(N)nc(NCC(O)CO)n1. The van der Waals surface area contributed by atoms with Gasteiger partial charge in [0, 0.05) is 19.6 Å². The van der Waals surface area contributed by atoms with Crippen molar-refractivity contribution in [3.63, 3.8) is 0 Å². The molecule has 0 radical (unpaired) electrons. The number of hydrogen-bond donors (Lipinski definition) is 4. The molecule has 102 valence electrons. The minimum atomic E-state index is -0.861. The van der Waals surface area contributed by atoms with Gasteiger partial charge < -0.3 is 26.2 Å². The second-order valence-corrected chi connectivity index (χ2v) is 3.71. The van der Waals surface area contributed by atoms with E-state index < -0.39 is 6.10 Å². The van der Waals surface area contributed by atoms with E-state index in [2.05, 4.69) is 20.3 Å². The molecule has 0 spiro atoms. The highest BCUT2D eigenvalue weighted by Gasteiger charge is 2.10. The Balaban J connectivity index is 2.80. The molecule has 1 rings (SSSR count).